The van der Waals surface area contributed by atoms with Crippen LogP contribution in [0.3, 0.4) is 0 Å². The van der Waals surface area contributed by atoms with E-state index in [2.05, 4.69) is 12.2 Å². The third-order valence-electron chi connectivity index (χ3n) is 3.90. The average molecular weight is 275 g/mol. The van der Waals surface area contributed by atoms with Crippen LogP contribution in [0.2, 0.25) is 0 Å². The summed E-state index contributed by atoms with van der Waals surface area (Å²) in [6, 6.07) is 0.514. The molecule has 1 fully saturated rings. The normalized spacial score (nSPS) is 19.9. The van der Waals surface area contributed by atoms with E-state index in [1.807, 2.05) is 0 Å². The highest BCUT2D eigenvalue weighted by Crippen LogP contribution is 2.28. The van der Waals surface area contributed by atoms with Gasteiger partial charge in [0.2, 0.25) is 0 Å². The highest BCUT2D eigenvalue weighted by atomic mass is 32.2. The predicted molar refractivity (Wildman–Crippen MR) is 77.6 cm³/mol. The van der Waals surface area contributed by atoms with Crippen molar-refractivity contribution >= 4 is 9.84 Å². The van der Waals surface area contributed by atoms with Crippen LogP contribution in [-0.2, 0) is 9.84 Å². The molecule has 1 aliphatic rings. The first-order valence-corrected chi connectivity index (χ1v) is 9.48. The quantitative estimate of drug-likeness (QED) is 0.741. The molecule has 3 nitrogen and oxygen atoms in total. The van der Waals surface area contributed by atoms with Crippen LogP contribution in [0.4, 0.5) is 0 Å². The van der Waals surface area contributed by atoms with E-state index in [0.29, 0.717) is 11.8 Å². The number of nitrogens with one attached hydrogen (secondary N) is 1. The van der Waals surface area contributed by atoms with Crippen molar-refractivity contribution in [2.45, 2.75) is 64.3 Å². The first kappa shape index (κ1) is 16.0. The monoisotopic (exact) mass is 275 g/mol. The Labute approximate surface area is 113 Å². The van der Waals surface area contributed by atoms with E-state index in [0.717, 1.165) is 25.3 Å². The second kappa shape index (κ2) is 8.16. The maximum absolute atomic E-state index is 11.1. The largest absolute Gasteiger partial charge is 0.314 e. The fraction of sp³-hybridized carbons (Fsp3) is 1.00. The van der Waals surface area contributed by atoms with E-state index < -0.39 is 9.84 Å². The first-order chi connectivity index (χ1) is 8.51. The molecule has 1 rings (SSSR count). The molecule has 0 aromatic carbocycles. The Balaban J connectivity index is 2.29. The van der Waals surface area contributed by atoms with Gasteiger partial charge in [-0.1, -0.05) is 39.0 Å². The molecule has 0 aromatic rings. The fourth-order valence-corrected chi connectivity index (χ4v) is 3.70. The molecular formula is C14H29NO2S. The summed E-state index contributed by atoms with van der Waals surface area (Å²) in [6.45, 7) is 3.11. The lowest BCUT2D eigenvalue weighted by atomic mass is 9.84. The Morgan fingerprint density at radius 1 is 1.22 bits per heavy atom. The number of rotatable bonds is 8. The van der Waals surface area contributed by atoms with Crippen molar-refractivity contribution in [1.29, 1.82) is 0 Å². The molecule has 108 valence electrons. The van der Waals surface area contributed by atoms with Crippen LogP contribution in [0, 0.1) is 5.92 Å². The molecular weight excluding hydrogens is 246 g/mol. The molecule has 1 N–H and O–H groups in total. The summed E-state index contributed by atoms with van der Waals surface area (Å²) in [5.41, 5.74) is 0. The van der Waals surface area contributed by atoms with Gasteiger partial charge in [-0.15, -0.1) is 0 Å². The number of hydrogen-bond acceptors (Lipinski definition) is 3. The molecule has 1 saturated carbocycles. The Hall–Kier alpha value is -0.0900. The minimum absolute atomic E-state index is 0.333. The molecule has 1 atom stereocenters. The summed E-state index contributed by atoms with van der Waals surface area (Å²) in [6.07, 6.45) is 11.3. The highest BCUT2D eigenvalue weighted by molar-refractivity contribution is 7.90. The zero-order valence-corrected chi connectivity index (χ0v) is 12.8. The van der Waals surface area contributed by atoms with Gasteiger partial charge in [0.25, 0.3) is 0 Å². The third kappa shape index (κ3) is 7.37. The first-order valence-electron chi connectivity index (χ1n) is 7.42. The van der Waals surface area contributed by atoms with Gasteiger partial charge in [0.1, 0.15) is 9.84 Å². The van der Waals surface area contributed by atoms with E-state index in [-0.39, 0.29) is 0 Å². The van der Waals surface area contributed by atoms with Gasteiger partial charge in [-0.25, -0.2) is 8.42 Å². The molecule has 1 aliphatic carbocycles. The van der Waals surface area contributed by atoms with Crippen molar-refractivity contribution < 1.29 is 8.42 Å². The minimum Gasteiger partial charge on any atom is -0.314 e. The molecule has 0 amide bonds. The number of hydrogen-bond donors (Lipinski definition) is 1. The zero-order valence-electron chi connectivity index (χ0n) is 12.0. The topological polar surface area (TPSA) is 46.2 Å². The molecule has 0 bridgehead atoms. The summed E-state index contributed by atoms with van der Waals surface area (Å²) in [7, 11) is -2.80. The van der Waals surface area contributed by atoms with Crippen molar-refractivity contribution in [3.05, 3.63) is 0 Å². The van der Waals surface area contributed by atoms with Crippen LogP contribution in [0.1, 0.15) is 58.3 Å². The van der Waals surface area contributed by atoms with Gasteiger partial charge in [-0.2, -0.15) is 0 Å². The van der Waals surface area contributed by atoms with Crippen LogP contribution < -0.4 is 5.32 Å². The molecule has 1 unspecified atom stereocenters. The van der Waals surface area contributed by atoms with Gasteiger partial charge < -0.3 is 5.32 Å². The summed E-state index contributed by atoms with van der Waals surface area (Å²) in [4.78, 5) is 0. The minimum atomic E-state index is -2.80. The van der Waals surface area contributed by atoms with Crippen molar-refractivity contribution in [2.24, 2.45) is 5.92 Å². The molecule has 0 radical (unpaired) electrons. The standard InChI is InChI=1S/C14H29NO2S/c1-3-15-14(10-7-11-18(2,16)17)12-13-8-5-4-6-9-13/h13-15H,3-12H2,1-2H3. The second-order valence-corrected chi connectivity index (χ2v) is 8.03. The van der Waals surface area contributed by atoms with Gasteiger partial charge in [-0.05, 0) is 31.7 Å². The van der Waals surface area contributed by atoms with Gasteiger partial charge in [0.05, 0.1) is 0 Å². The lowest BCUT2D eigenvalue weighted by molar-refractivity contribution is 0.292. The highest BCUT2D eigenvalue weighted by Gasteiger charge is 2.18. The Bertz CT molecular complexity index is 308. The predicted octanol–water partition coefficient (Wildman–Crippen LogP) is 2.76. The SMILES string of the molecule is CCNC(CCCS(C)(=O)=O)CC1CCCCC1. The van der Waals surface area contributed by atoms with Gasteiger partial charge >= 0.3 is 0 Å². The Morgan fingerprint density at radius 2 is 1.89 bits per heavy atom. The molecule has 0 heterocycles. The van der Waals surface area contributed by atoms with Crippen LogP contribution in [-0.4, -0.2) is 33.0 Å². The van der Waals surface area contributed by atoms with Crippen molar-refractivity contribution in [1.82, 2.24) is 5.32 Å². The van der Waals surface area contributed by atoms with Crippen LogP contribution in [0.5, 0.6) is 0 Å². The van der Waals surface area contributed by atoms with Crippen LogP contribution in [0.15, 0.2) is 0 Å². The fourth-order valence-electron chi connectivity index (χ4n) is 3.01. The van der Waals surface area contributed by atoms with Gasteiger partial charge in [0, 0.05) is 18.1 Å². The van der Waals surface area contributed by atoms with E-state index in [9.17, 15) is 8.42 Å². The zero-order chi connectivity index (χ0) is 13.4. The van der Waals surface area contributed by atoms with E-state index in [1.54, 1.807) is 0 Å². The molecule has 18 heavy (non-hydrogen) atoms. The average Bonchev–Trinajstić information content (AvgIpc) is 2.29. The maximum atomic E-state index is 11.1. The summed E-state index contributed by atoms with van der Waals surface area (Å²) in [5, 5.41) is 3.52. The van der Waals surface area contributed by atoms with Crippen LogP contribution in [0.25, 0.3) is 0 Å². The van der Waals surface area contributed by atoms with Crippen LogP contribution >= 0.6 is 0 Å². The van der Waals surface area contributed by atoms with Crippen molar-refractivity contribution in [2.75, 3.05) is 18.6 Å². The molecule has 0 saturated heterocycles. The van der Waals surface area contributed by atoms with Gasteiger partial charge in [-0.3, -0.25) is 0 Å². The van der Waals surface area contributed by atoms with E-state index in [4.69, 9.17) is 0 Å². The van der Waals surface area contributed by atoms with E-state index in [1.165, 1.54) is 44.8 Å². The number of sulfone groups is 1. The van der Waals surface area contributed by atoms with Crippen molar-refractivity contribution in [3.8, 4) is 0 Å². The Kier molecular flexibility index (Phi) is 7.23. The summed E-state index contributed by atoms with van der Waals surface area (Å²) in [5.74, 6) is 1.19. The Morgan fingerprint density at radius 3 is 2.44 bits per heavy atom. The second-order valence-electron chi connectivity index (χ2n) is 5.77. The third-order valence-corrected chi connectivity index (χ3v) is 4.93. The summed E-state index contributed by atoms with van der Waals surface area (Å²) < 4.78 is 22.3. The van der Waals surface area contributed by atoms with E-state index >= 15 is 0 Å². The van der Waals surface area contributed by atoms with Gasteiger partial charge in [0.15, 0.2) is 0 Å². The van der Waals surface area contributed by atoms with Crippen molar-refractivity contribution in [3.63, 3.8) is 0 Å². The maximum Gasteiger partial charge on any atom is 0.147 e. The molecule has 0 aromatic heterocycles. The summed E-state index contributed by atoms with van der Waals surface area (Å²) >= 11 is 0. The lowest BCUT2D eigenvalue weighted by Gasteiger charge is -2.27. The molecule has 0 aliphatic heterocycles. The molecule has 4 heteroatoms. The lowest BCUT2D eigenvalue weighted by Crippen LogP contribution is -2.32. The smallest absolute Gasteiger partial charge is 0.147 e. The molecule has 0 spiro atoms.